The normalized spacial score (nSPS) is 9.70. The van der Waals surface area contributed by atoms with Gasteiger partial charge in [0.2, 0.25) is 0 Å². The van der Waals surface area contributed by atoms with Crippen molar-refractivity contribution in [2.45, 2.75) is 13.8 Å². The van der Waals surface area contributed by atoms with E-state index in [0.29, 0.717) is 0 Å². The van der Waals surface area contributed by atoms with Crippen molar-refractivity contribution in [1.82, 2.24) is 0 Å². The van der Waals surface area contributed by atoms with Crippen LogP contribution in [0.5, 0.6) is 0 Å². The van der Waals surface area contributed by atoms with E-state index >= 15 is 0 Å². The van der Waals surface area contributed by atoms with Crippen LogP contribution in [0.2, 0.25) is 0 Å². The number of rotatable bonds is 2. The molecule has 0 amide bonds. The minimum Gasteiger partial charge on any atom is -0.237 e. The average Bonchev–Trinajstić information content (AvgIpc) is 2.80. The van der Waals surface area contributed by atoms with Gasteiger partial charge in [-0.25, -0.2) is 4.39 Å². The highest BCUT2D eigenvalue weighted by Crippen LogP contribution is 2.23. The van der Waals surface area contributed by atoms with E-state index in [1.54, 1.807) is 0 Å². The monoisotopic (exact) mass is 392 g/mol. The number of aryl methyl sites for hydroxylation is 2. The SMILES string of the molecule is Cc1ccccc1-c1ccc(C#CCF)cc1.Cc1ccccc1-c1ccccc1. The van der Waals surface area contributed by atoms with E-state index in [4.69, 9.17) is 0 Å². The third kappa shape index (κ3) is 5.69. The molecule has 4 aromatic rings. The maximum absolute atomic E-state index is 11.9. The van der Waals surface area contributed by atoms with Crippen molar-refractivity contribution in [3.63, 3.8) is 0 Å². The molecule has 0 spiro atoms. The van der Waals surface area contributed by atoms with Crippen LogP contribution >= 0.6 is 0 Å². The summed E-state index contributed by atoms with van der Waals surface area (Å²) in [6, 6.07) is 35.0. The zero-order chi connectivity index (χ0) is 21.2. The predicted octanol–water partition coefficient (Wildman–Crippen LogP) is 7.65. The molecule has 0 aromatic heterocycles. The van der Waals surface area contributed by atoms with E-state index in [9.17, 15) is 4.39 Å². The molecule has 0 unspecified atom stereocenters. The van der Waals surface area contributed by atoms with Crippen molar-refractivity contribution in [3.8, 4) is 34.1 Å². The molecule has 0 atom stereocenters. The fourth-order valence-corrected chi connectivity index (χ4v) is 3.28. The van der Waals surface area contributed by atoms with E-state index in [2.05, 4.69) is 86.4 Å². The summed E-state index contributed by atoms with van der Waals surface area (Å²) in [5.74, 6) is 5.18. The predicted molar refractivity (Wildman–Crippen MR) is 126 cm³/mol. The Morgan fingerprint density at radius 2 is 1.03 bits per heavy atom. The number of hydrogen-bond acceptors (Lipinski definition) is 0. The zero-order valence-electron chi connectivity index (χ0n) is 17.4. The molecule has 4 aromatic carbocycles. The first kappa shape index (κ1) is 21.1. The first-order valence-corrected chi connectivity index (χ1v) is 10.0. The van der Waals surface area contributed by atoms with Gasteiger partial charge < -0.3 is 0 Å². The van der Waals surface area contributed by atoms with Crippen LogP contribution in [0.25, 0.3) is 22.3 Å². The van der Waals surface area contributed by atoms with Crippen LogP contribution in [0.3, 0.4) is 0 Å². The molecule has 0 fully saturated rings. The van der Waals surface area contributed by atoms with Gasteiger partial charge >= 0.3 is 0 Å². The van der Waals surface area contributed by atoms with Crippen LogP contribution in [-0.2, 0) is 0 Å². The summed E-state index contributed by atoms with van der Waals surface area (Å²) in [5, 5.41) is 0. The third-order valence-electron chi connectivity index (χ3n) is 4.87. The van der Waals surface area contributed by atoms with Gasteiger partial charge in [-0.15, -0.1) is 0 Å². The number of alkyl halides is 1. The molecular formula is C29H25F. The molecule has 30 heavy (non-hydrogen) atoms. The molecule has 148 valence electrons. The van der Waals surface area contributed by atoms with E-state index in [-0.39, 0.29) is 0 Å². The second-order valence-corrected chi connectivity index (χ2v) is 7.01. The van der Waals surface area contributed by atoms with Crippen molar-refractivity contribution in [1.29, 1.82) is 0 Å². The van der Waals surface area contributed by atoms with Crippen molar-refractivity contribution in [3.05, 3.63) is 120 Å². The van der Waals surface area contributed by atoms with Crippen molar-refractivity contribution < 1.29 is 4.39 Å². The Bertz CT molecular complexity index is 1130. The van der Waals surface area contributed by atoms with Gasteiger partial charge in [-0.2, -0.15) is 0 Å². The summed E-state index contributed by atoms with van der Waals surface area (Å²) in [6.07, 6.45) is 0. The highest BCUT2D eigenvalue weighted by molar-refractivity contribution is 5.68. The topological polar surface area (TPSA) is 0 Å². The molecule has 0 N–H and O–H groups in total. The van der Waals surface area contributed by atoms with Gasteiger partial charge in [-0.05, 0) is 59.4 Å². The summed E-state index contributed by atoms with van der Waals surface area (Å²) >= 11 is 0. The molecular weight excluding hydrogens is 367 g/mol. The zero-order valence-corrected chi connectivity index (χ0v) is 17.4. The summed E-state index contributed by atoms with van der Waals surface area (Å²) in [6.45, 7) is 3.63. The van der Waals surface area contributed by atoms with Gasteiger partial charge in [0.25, 0.3) is 0 Å². The molecule has 0 bridgehead atoms. The van der Waals surface area contributed by atoms with Gasteiger partial charge in [-0.3, -0.25) is 0 Å². The molecule has 1 heteroatoms. The minimum absolute atomic E-state index is 0.598. The lowest BCUT2D eigenvalue weighted by atomic mass is 10.00. The molecule has 0 radical (unpaired) electrons. The molecule has 0 saturated heterocycles. The average molecular weight is 393 g/mol. The van der Waals surface area contributed by atoms with Crippen LogP contribution in [0, 0.1) is 25.7 Å². The van der Waals surface area contributed by atoms with Crippen LogP contribution in [0.4, 0.5) is 4.39 Å². The van der Waals surface area contributed by atoms with Crippen LogP contribution < -0.4 is 0 Å². The second-order valence-electron chi connectivity index (χ2n) is 7.01. The van der Waals surface area contributed by atoms with Gasteiger partial charge in [0.05, 0.1) is 0 Å². The summed E-state index contributed by atoms with van der Waals surface area (Å²) in [7, 11) is 0. The molecule has 4 rings (SSSR count). The minimum atomic E-state index is -0.598. The Balaban J connectivity index is 0.000000177. The van der Waals surface area contributed by atoms with Crippen molar-refractivity contribution in [2.75, 3.05) is 6.67 Å². The standard InChI is InChI=1S/C16H13F.C13H12/c1-13-5-2-3-7-16(13)15-10-8-14(9-11-15)6-4-12-17;1-11-7-5-6-10-13(11)12-8-3-2-4-9-12/h2-3,5,7-11H,12H2,1H3;2-10H,1H3. The van der Waals surface area contributed by atoms with Gasteiger partial charge in [0.1, 0.15) is 0 Å². The van der Waals surface area contributed by atoms with Crippen LogP contribution in [0.1, 0.15) is 16.7 Å². The van der Waals surface area contributed by atoms with Gasteiger partial charge in [0, 0.05) is 5.56 Å². The molecule has 0 aliphatic heterocycles. The number of hydrogen-bond donors (Lipinski definition) is 0. The summed E-state index contributed by atoms with van der Waals surface area (Å²) in [4.78, 5) is 0. The first-order valence-electron chi connectivity index (χ1n) is 10.0. The Morgan fingerprint density at radius 1 is 0.567 bits per heavy atom. The Hall–Kier alpha value is -3.63. The smallest absolute Gasteiger partial charge is 0.150 e. The number of halogens is 1. The fourth-order valence-electron chi connectivity index (χ4n) is 3.28. The van der Waals surface area contributed by atoms with Crippen molar-refractivity contribution in [2.24, 2.45) is 0 Å². The fraction of sp³-hybridized carbons (Fsp3) is 0.103. The molecule has 0 heterocycles. The molecule has 0 aliphatic carbocycles. The third-order valence-corrected chi connectivity index (χ3v) is 4.87. The van der Waals surface area contributed by atoms with Crippen LogP contribution in [-0.4, -0.2) is 6.67 Å². The first-order chi connectivity index (χ1) is 14.7. The van der Waals surface area contributed by atoms with Crippen LogP contribution in [0.15, 0.2) is 103 Å². The quantitative estimate of drug-likeness (QED) is 0.307. The second kappa shape index (κ2) is 10.8. The maximum atomic E-state index is 11.9. The highest BCUT2D eigenvalue weighted by atomic mass is 19.1. The Morgan fingerprint density at radius 3 is 1.53 bits per heavy atom. The molecule has 0 aliphatic rings. The van der Waals surface area contributed by atoms with Crippen molar-refractivity contribution >= 4 is 0 Å². The largest absolute Gasteiger partial charge is 0.237 e. The molecule has 0 nitrogen and oxygen atoms in total. The summed E-state index contributed by atoms with van der Waals surface area (Å²) < 4.78 is 11.9. The summed E-state index contributed by atoms with van der Waals surface area (Å²) in [5.41, 5.74) is 8.42. The maximum Gasteiger partial charge on any atom is 0.150 e. The number of benzene rings is 4. The van der Waals surface area contributed by atoms with E-state index in [1.165, 1.54) is 27.8 Å². The lowest BCUT2D eigenvalue weighted by Gasteiger charge is -2.05. The molecule has 0 saturated carbocycles. The van der Waals surface area contributed by atoms with E-state index in [1.807, 2.05) is 42.5 Å². The van der Waals surface area contributed by atoms with E-state index in [0.717, 1.165) is 11.1 Å². The van der Waals surface area contributed by atoms with E-state index < -0.39 is 6.67 Å². The Kier molecular flexibility index (Phi) is 7.58. The lowest BCUT2D eigenvalue weighted by Crippen LogP contribution is -1.83. The highest BCUT2D eigenvalue weighted by Gasteiger charge is 2.00. The van der Waals surface area contributed by atoms with Gasteiger partial charge in [0.15, 0.2) is 6.67 Å². The Labute approximate surface area is 179 Å². The van der Waals surface area contributed by atoms with Gasteiger partial charge in [-0.1, -0.05) is 103 Å². The lowest BCUT2D eigenvalue weighted by molar-refractivity contribution is 0.573.